The number of nitrogens with one attached hydrogen (secondary N) is 1. The largest absolute Gasteiger partial charge is 0.382 e. The fraction of sp³-hybridized carbons (Fsp3) is 0.333. The summed E-state index contributed by atoms with van der Waals surface area (Å²) in [5, 5.41) is 3.77. The van der Waals surface area contributed by atoms with Crippen LogP contribution < -0.4 is 5.32 Å². The number of hydrogen-bond donors (Lipinski definition) is 1. The quantitative estimate of drug-likeness (QED) is 0.833. The van der Waals surface area contributed by atoms with Crippen molar-refractivity contribution in [3.63, 3.8) is 0 Å². The van der Waals surface area contributed by atoms with Crippen LogP contribution in [0.3, 0.4) is 0 Å². The third-order valence-electron chi connectivity index (χ3n) is 2.28. The Bertz CT molecular complexity index is 573. The van der Waals surface area contributed by atoms with Crippen molar-refractivity contribution in [3.05, 3.63) is 23.2 Å². The Morgan fingerprint density at radius 2 is 2.32 bits per heavy atom. The molecule has 0 fully saturated rings. The maximum atomic E-state index is 11.6. The molecule has 102 valence electrons. The third kappa shape index (κ3) is 3.87. The number of carbonyl (C=O) groups excluding carboxylic acids is 1. The lowest BCUT2D eigenvalue weighted by atomic mass is 10.3. The number of benzene rings is 1. The molecule has 1 amide bonds. The lowest BCUT2D eigenvalue weighted by Crippen LogP contribution is -2.19. The standard InChI is InChI=1S/C12H13ClN2O3S/c1-17-5-6-18-7-10(16)14-12-15-11-8(13)3-2-4-9(11)19-12/h2-4H,5-7H2,1H3,(H,14,15,16). The molecule has 0 spiro atoms. The van der Waals surface area contributed by atoms with E-state index in [1.165, 1.54) is 11.3 Å². The molecule has 1 heterocycles. The van der Waals surface area contributed by atoms with Gasteiger partial charge in [0.25, 0.3) is 5.91 Å². The first kappa shape index (κ1) is 14.2. The van der Waals surface area contributed by atoms with E-state index >= 15 is 0 Å². The van der Waals surface area contributed by atoms with Crippen LogP contribution in [0.2, 0.25) is 5.02 Å². The van der Waals surface area contributed by atoms with Gasteiger partial charge >= 0.3 is 0 Å². The second kappa shape index (κ2) is 6.81. The SMILES string of the molecule is COCCOCC(=O)Nc1nc2c(Cl)cccc2s1. The van der Waals surface area contributed by atoms with Crippen LogP contribution in [0, 0.1) is 0 Å². The summed E-state index contributed by atoms with van der Waals surface area (Å²) in [5.41, 5.74) is 0.699. The van der Waals surface area contributed by atoms with E-state index < -0.39 is 0 Å². The summed E-state index contributed by atoms with van der Waals surface area (Å²) in [6, 6.07) is 5.52. The predicted octanol–water partition coefficient (Wildman–Crippen LogP) is 2.55. The summed E-state index contributed by atoms with van der Waals surface area (Å²) in [6.45, 7) is 0.826. The molecule has 2 aromatic rings. The predicted molar refractivity (Wildman–Crippen MR) is 76.0 cm³/mol. The number of para-hydroxylation sites is 1. The highest BCUT2D eigenvalue weighted by Crippen LogP contribution is 2.30. The van der Waals surface area contributed by atoms with Gasteiger partial charge in [0.2, 0.25) is 0 Å². The zero-order valence-corrected chi connectivity index (χ0v) is 11.9. The Morgan fingerprint density at radius 3 is 3.05 bits per heavy atom. The molecule has 5 nitrogen and oxygen atoms in total. The first-order chi connectivity index (χ1) is 9.20. The van der Waals surface area contributed by atoms with Crippen LogP contribution in [0.5, 0.6) is 0 Å². The number of halogens is 1. The van der Waals surface area contributed by atoms with Gasteiger partial charge in [0.05, 0.1) is 22.9 Å². The van der Waals surface area contributed by atoms with Crippen molar-refractivity contribution in [2.45, 2.75) is 0 Å². The number of fused-ring (bicyclic) bond motifs is 1. The molecule has 0 aliphatic heterocycles. The van der Waals surface area contributed by atoms with Crippen LogP contribution >= 0.6 is 22.9 Å². The van der Waals surface area contributed by atoms with Gasteiger partial charge in [-0.15, -0.1) is 0 Å². The second-order valence-electron chi connectivity index (χ2n) is 3.70. The monoisotopic (exact) mass is 300 g/mol. The van der Waals surface area contributed by atoms with E-state index in [0.29, 0.717) is 28.9 Å². The molecule has 1 N–H and O–H groups in total. The highest BCUT2D eigenvalue weighted by molar-refractivity contribution is 7.22. The fourth-order valence-electron chi connectivity index (χ4n) is 1.43. The Kier molecular flexibility index (Phi) is 5.09. The molecule has 2 rings (SSSR count). The minimum absolute atomic E-state index is 0.0208. The maximum absolute atomic E-state index is 11.6. The number of hydrogen-bond acceptors (Lipinski definition) is 5. The van der Waals surface area contributed by atoms with Gasteiger partial charge in [-0.2, -0.15) is 0 Å². The number of rotatable bonds is 6. The van der Waals surface area contributed by atoms with Gasteiger partial charge in [0.1, 0.15) is 12.1 Å². The van der Waals surface area contributed by atoms with Crippen LogP contribution in [0.15, 0.2) is 18.2 Å². The minimum Gasteiger partial charge on any atom is -0.382 e. The van der Waals surface area contributed by atoms with Crippen molar-refractivity contribution >= 4 is 44.2 Å². The Morgan fingerprint density at radius 1 is 1.47 bits per heavy atom. The van der Waals surface area contributed by atoms with Crippen molar-refractivity contribution < 1.29 is 14.3 Å². The van der Waals surface area contributed by atoms with Crippen molar-refractivity contribution in [2.75, 3.05) is 32.2 Å². The van der Waals surface area contributed by atoms with E-state index in [9.17, 15) is 4.79 Å². The summed E-state index contributed by atoms with van der Waals surface area (Å²) < 4.78 is 10.9. The molecule has 0 bridgehead atoms. The third-order valence-corrected chi connectivity index (χ3v) is 3.52. The van der Waals surface area contributed by atoms with Gasteiger partial charge in [0, 0.05) is 7.11 Å². The molecule has 0 unspecified atom stereocenters. The zero-order valence-electron chi connectivity index (χ0n) is 10.3. The molecule has 0 saturated carbocycles. The highest BCUT2D eigenvalue weighted by Gasteiger charge is 2.09. The second-order valence-corrected chi connectivity index (χ2v) is 5.14. The van der Waals surface area contributed by atoms with E-state index in [-0.39, 0.29) is 12.5 Å². The fourth-order valence-corrected chi connectivity index (χ4v) is 2.61. The number of carbonyl (C=O) groups is 1. The lowest BCUT2D eigenvalue weighted by molar-refractivity contribution is -0.121. The van der Waals surface area contributed by atoms with Crippen LogP contribution in [-0.2, 0) is 14.3 Å². The molecule has 0 aliphatic carbocycles. The van der Waals surface area contributed by atoms with E-state index in [1.807, 2.05) is 12.1 Å². The smallest absolute Gasteiger partial charge is 0.252 e. The minimum atomic E-state index is -0.244. The number of ether oxygens (including phenoxy) is 2. The normalized spacial score (nSPS) is 10.8. The van der Waals surface area contributed by atoms with Gasteiger partial charge in [-0.25, -0.2) is 4.98 Å². The van der Waals surface area contributed by atoms with E-state index in [0.717, 1.165) is 4.70 Å². The van der Waals surface area contributed by atoms with Crippen LogP contribution in [-0.4, -0.2) is 37.8 Å². The molecule has 1 aromatic heterocycles. The number of amides is 1. The Balaban J connectivity index is 1.94. The summed E-state index contributed by atoms with van der Waals surface area (Å²) in [4.78, 5) is 15.9. The van der Waals surface area contributed by atoms with Crippen molar-refractivity contribution in [1.29, 1.82) is 0 Å². The topological polar surface area (TPSA) is 60.5 Å². The zero-order chi connectivity index (χ0) is 13.7. The summed E-state index contributed by atoms with van der Waals surface area (Å²) in [6.07, 6.45) is 0. The average Bonchev–Trinajstić information content (AvgIpc) is 2.79. The first-order valence-corrected chi connectivity index (χ1v) is 6.81. The highest BCUT2D eigenvalue weighted by atomic mass is 35.5. The van der Waals surface area contributed by atoms with Crippen LogP contribution in [0.4, 0.5) is 5.13 Å². The maximum Gasteiger partial charge on any atom is 0.252 e. The number of methoxy groups -OCH3 is 1. The summed E-state index contributed by atoms with van der Waals surface area (Å²) in [7, 11) is 1.58. The van der Waals surface area contributed by atoms with Crippen LogP contribution in [0.1, 0.15) is 0 Å². The summed E-state index contributed by atoms with van der Waals surface area (Å²) in [5.74, 6) is -0.244. The number of nitrogens with zero attached hydrogens (tertiary/aromatic N) is 1. The molecule has 0 atom stereocenters. The molecule has 1 aromatic carbocycles. The molecule has 0 saturated heterocycles. The first-order valence-electron chi connectivity index (χ1n) is 5.62. The van der Waals surface area contributed by atoms with Crippen molar-refractivity contribution in [1.82, 2.24) is 4.98 Å². The summed E-state index contributed by atoms with van der Waals surface area (Å²) >= 11 is 7.39. The van der Waals surface area contributed by atoms with E-state index in [4.69, 9.17) is 21.1 Å². The van der Waals surface area contributed by atoms with E-state index in [2.05, 4.69) is 10.3 Å². The Labute approximate surface area is 119 Å². The number of thiazole rings is 1. The molecule has 7 heteroatoms. The van der Waals surface area contributed by atoms with Gasteiger partial charge < -0.3 is 9.47 Å². The molecular formula is C12H13ClN2O3S. The van der Waals surface area contributed by atoms with Crippen molar-refractivity contribution in [2.24, 2.45) is 0 Å². The molecule has 0 aliphatic rings. The van der Waals surface area contributed by atoms with Gasteiger partial charge in [-0.05, 0) is 12.1 Å². The molecule has 0 radical (unpaired) electrons. The van der Waals surface area contributed by atoms with E-state index in [1.54, 1.807) is 13.2 Å². The molecule has 19 heavy (non-hydrogen) atoms. The van der Waals surface area contributed by atoms with Gasteiger partial charge in [-0.1, -0.05) is 29.0 Å². The lowest BCUT2D eigenvalue weighted by Gasteiger charge is -2.02. The number of aromatic nitrogens is 1. The van der Waals surface area contributed by atoms with Gasteiger partial charge in [0.15, 0.2) is 5.13 Å². The van der Waals surface area contributed by atoms with Gasteiger partial charge in [-0.3, -0.25) is 10.1 Å². The molecular weight excluding hydrogens is 288 g/mol. The Hall–Kier alpha value is -1.21. The van der Waals surface area contributed by atoms with Crippen molar-refractivity contribution in [3.8, 4) is 0 Å². The number of anilines is 1. The van der Waals surface area contributed by atoms with Crippen LogP contribution in [0.25, 0.3) is 10.2 Å². The average molecular weight is 301 g/mol.